The van der Waals surface area contributed by atoms with Gasteiger partial charge >= 0.3 is 0 Å². The fourth-order valence-corrected chi connectivity index (χ4v) is 6.93. The first kappa shape index (κ1) is 29.5. The number of fused-ring (bicyclic) bond motifs is 1. The van der Waals surface area contributed by atoms with E-state index in [0.29, 0.717) is 41.7 Å². The van der Waals surface area contributed by atoms with Gasteiger partial charge in [-0.2, -0.15) is 0 Å². The zero-order valence-electron chi connectivity index (χ0n) is 20.8. The van der Waals surface area contributed by atoms with Crippen molar-refractivity contribution in [3.05, 3.63) is 48.0 Å². The van der Waals surface area contributed by atoms with Crippen LogP contribution in [0.5, 0.6) is 0 Å². The van der Waals surface area contributed by atoms with Gasteiger partial charge < -0.3 is 4.74 Å². The monoisotopic (exact) mass is 587 g/mol. The van der Waals surface area contributed by atoms with Crippen molar-refractivity contribution in [1.82, 2.24) is 9.88 Å². The lowest BCUT2D eigenvalue weighted by Crippen LogP contribution is -2.43. The number of halogens is 1. The number of carbonyl (C=O) groups excluding carboxylic acids is 1. The van der Waals surface area contributed by atoms with Gasteiger partial charge in [0.15, 0.2) is 24.8 Å². The Morgan fingerprint density at radius 3 is 2.43 bits per heavy atom. The van der Waals surface area contributed by atoms with E-state index in [4.69, 9.17) is 4.74 Å². The third-order valence-corrected chi connectivity index (χ3v) is 10.3. The molecule has 1 fully saturated rings. The summed E-state index contributed by atoms with van der Waals surface area (Å²) in [5.41, 5.74) is 0.543. The molecular formula is C24H30ClN3O6S3. The van der Waals surface area contributed by atoms with Gasteiger partial charge in [0, 0.05) is 38.0 Å². The van der Waals surface area contributed by atoms with Crippen molar-refractivity contribution in [3.8, 4) is 0 Å². The van der Waals surface area contributed by atoms with Gasteiger partial charge in [0.25, 0.3) is 5.91 Å². The number of nitrogens with zero attached hydrogens (tertiary/aromatic N) is 3. The smallest absolute Gasteiger partial charge is 0.260 e. The molecule has 0 aliphatic carbocycles. The van der Waals surface area contributed by atoms with Gasteiger partial charge in [-0.15, -0.1) is 12.4 Å². The molecular weight excluding hydrogens is 558 g/mol. The first-order valence-corrected chi connectivity index (χ1v) is 15.8. The molecule has 202 valence electrons. The van der Waals surface area contributed by atoms with Crippen LogP contribution in [0.3, 0.4) is 0 Å². The maximum absolute atomic E-state index is 13.8. The number of hydrogen-bond donors (Lipinski definition) is 0. The lowest BCUT2D eigenvalue weighted by Gasteiger charge is -2.29. The van der Waals surface area contributed by atoms with Crippen LogP contribution in [-0.4, -0.2) is 83.5 Å². The molecule has 1 amide bonds. The van der Waals surface area contributed by atoms with Gasteiger partial charge in [0.2, 0.25) is 0 Å². The number of amides is 1. The summed E-state index contributed by atoms with van der Waals surface area (Å²) in [5.74, 6) is -0.399. The minimum absolute atomic E-state index is 0. The molecule has 1 aromatic heterocycles. The topological polar surface area (TPSA) is 114 Å². The van der Waals surface area contributed by atoms with Crippen LogP contribution < -0.4 is 4.90 Å². The average molecular weight is 588 g/mol. The second-order valence-corrected chi connectivity index (χ2v) is 14.4. The highest BCUT2D eigenvalue weighted by molar-refractivity contribution is 7.92. The van der Waals surface area contributed by atoms with Crippen molar-refractivity contribution in [2.45, 2.75) is 28.9 Å². The molecule has 0 radical (unpaired) electrons. The minimum Gasteiger partial charge on any atom is -0.379 e. The molecule has 13 heteroatoms. The fraction of sp³-hybridized carbons (Fsp3) is 0.417. The molecule has 1 aliphatic rings. The number of para-hydroxylation sites is 1. The first-order valence-electron chi connectivity index (χ1n) is 11.5. The summed E-state index contributed by atoms with van der Waals surface area (Å²) in [6, 6.07) is 10.9. The SMILES string of the molecule is CC(C)S(=O)(=O)c1cccc(C(=O)N(CCN2CCOCC2)c2nc3c(S(C)(=O)=O)cccc3s2)c1.Cl. The predicted octanol–water partition coefficient (Wildman–Crippen LogP) is 3.28. The van der Waals surface area contributed by atoms with E-state index in [-0.39, 0.29) is 27.8 Å². The third-order valence-electron chi connectivity index (χ3n) is 6.02. The highest BCUT2D eigenvalue weighted by Gasteiger charge is 2.26. The Balaban J connectivity index is 0.00000380. The van der Waals surface area contributed by atoms with Crippen LogP contribution in [0.1, 0.15) is 24.2 Å². The molecule has 2 aromatic carbocycles. The number of thiazole rings is 1. The third kappa shape index (κ3) is 6.50. The van der Waals surface area contributed by atoms with E-state index >= 15 is 0 Å². The normalized spacial score (nSPS) is 15.0. The van der Waals surface area contributed by atoms with Crippen molar-refractivity contribution in [2.75, 3.05) is 50.5 Å². The highest BCUT2D eigenvalue weighted by atomic mass is 35.5. The number of aromatic nitrogens is 1. The van der Waals surface area contributed by atoms with Crippen molar-refractivity contribution in [1.29, 1.82) is 0 Å². The molecule has 0 atom stereocenters. The standard InChI is InChI=1S/C24H29N3O6S3.ClH/c1-17(2)36(31,32)19-7-4-6-18(16-19)23(28)27(11-10-26-12-14-33-15-13-26)24-25-22-20(34-24)8-5-9-21(22)35(3,29)30;/h4-9,16-17H,10-15H2,1-3H3;1H. The summed E-state index contributed by atoms with van der Waals surface area (Å²) in [4.78, 5) is 22.2. The molecule has 0 unspecified atom stereocenters. The van der Waals surface area contributed by atoms with E-state index in [1.54, 1.807) is 38.1 Å². The van der Waals surface area contributed by atoms with Crippen molar-refractivity contribution in [3.63, 3.8) is 0 Å². The second-order valence-electron chi connectivity index (χ2n) is 8.90. The summed E-state index contributed by atoms with van der Waals surface area (Å²) >= 11 is 1.23. The Kier molecular flexibility index (Phi) is 9.36. The van der Waals surface area contributed by atoms with Crippen LogP contribution in [0.15, 0.2) is 52.3 Å². The predicted molar refractivity (Wildman–Crippen MR) is 148 cm³/mol. The summed E-state index contributed by atoms with van der Waals surface area (Å²) in [5, 5.41) is -0.268. The van der Waals surface area contributed by atoms with E-state index in [9.17, 15) is 21.6 Å². The molecule has 0 saturated carbocycles. The molecule has 0 spiro atoms. The maximum atomic E-state index is 13.8. The van der Waals surface area contributed by atoms with Crippen LogP contribution in [0.4, 0.5) is 5.13 Å². The molecule has 1 aliphatic heterocycles. The molecule has 1 saturated heterocycles. The Hall–Kier alpha value is -2.09. The second kappa shape index (κ2) is 11.7. The van der Waals surface area contributed by atoms with Crippen molar-refractivity contribution < 1.29 is 26.4 Å². The zero-order valence-corrected chi connectivity index (χ0v) is 24.1. The van der Waals surface area contributed by atoms with Crippen LogP contribution in [0.25, 0.3) is 10.2 Å². The summed E-state index contributed by atoms with van der Waals surface area (Å²) in [6.07, 6.45) is 1.13. The Morgan fingerprint density at radius 2 is 1.78 bits per heavy atom. The molecule has 2 heterocycles. The van der Waals surface area contributed by atoms with Gasteiger partial charge in [0.1, 0.15) is 5.52 Å². The van der Waals surface area contributed by atoms with E-state index in [2.05, 4.69) is 9.88 Å². The molecule has 4 rings (SSSR count). The van der Waals surface area contributed by atoms with Crippen molar-refractivity contribution >= 4 is 64.7 Å². The number of benzene rings is 2. The molecule has 0 N–H and O–H groups in total. The van der Waals surface area contributed by atoms with E-state index in [1.807, 2.05) is 0 Å². The Morgan fingerprint density at radius 1 is 1.11 bits per heavy atom. The van der Waals surface area contributed by atoms with Gasteiger partial charge in [-0.3, -0.25) is 14.6 Å². The number of sulfone groups is 2. The number of morpholine rings is 1. The number of hydrogen-bond acceptors (Lipinski definition) is 9. The quantitative estimate of drug-likeness (QED) is 0.394. The molecule has 37 heavy (non-hydrogen) atoms. The largest absolute Gasteiger partial charge is 0.379 e. The van der Waals surface area contributed by atoms with Crippen LogP contribution in [0.2, 0.25) is 0 Å². The maximum Gasteiger partial charge on any atom is 0.260 e. The Labute approximate surface area is 227 Å². The van der Waals surface area contributed by atoms with Crippen LogP contribution >= 0.6 is 23.7 Å². The van der Waals surface area contributed by atoms with Gasteiger partial charge in [-0.25, -0.2) is 21.8 Å². The van der Waals surface area contributed by atoms with Crippen molar-refractivity contribution in [2.24, 2.45) is 0 Å². The van der Waals surface area contributed by atoms with Crippen LogP contribution in [-0.2, 0) is 24.4 Å². The van der Waals surface area contributed by atoms with Crippen LogP contribution in [0, 0.1) is 0 Å². The highest BCUT2D eigenvalue weighted by Crippen LogP contribution is 2.33. The summed E-state index contributed by atoms with van der Waals surface area (Å²) < 4.78 is 56.1. The fourth-order valence-electron chi connectivity index (χ4n) is 3.91. The number of carbonyl (C=O) groups is 1. The van der Waals surface area contributed by atoms with E-state index in [0.717, 1.165) is 19.3 Å². The van der Waals surface area contributed by atoms with Gasteiger partial charge in [0.05, 0.1) is 33.0 Å². The molecule has 0 bridgehead atoms. The Bertz CT molecular complexity index is 1480. The summed E-state index contributed by atoms with van der Waals surface area (Å²) in [6.45, 7) is 6.76. The van der Waals surface area contributed by atoms with Gasteiger partial charge in [-0.1, -0.05) is 23.5 Å². The van der Waals surface area contributed by atoms with E-state index < -0.39 is 30.8 Å². The number of rotatable bonds is 8. The zero-order chi connectivity index (χ0) is 26.1. The molecule has 3 aromatic rings. The minimum atomic E-state index is -3.57. The van der Waals surface area contributed by atoms with Gasteiger partial charge in [-0.05, 0) is 44.2 Å². The first-order chi connectivity index (χ1) is 17.0. The van der Waals surface area contributed by atoms with E-state index in [1.165, 1.54) is 34.4 Å². The number of anilines is 1. The molecule has 9 nitrogen and oxygen atoms in total. The lowest BCUT2D eigenvalue weighted by atomic mass is 10.2. The summed E-state index contributed by atoms with van der Waals surface area (Å²) in [7, 11) is -7.09. The number of ether oxygens (including phenoxy) is 1. The lowest BCUT2D eigenvalue weighted by molar-refractivity contribution is 0.0391. The average Bonchev–Trinajstić information content (AvgIpc) is 3.28.